The fraction of sp³-hybridized carbons (Fsp3) is 0. The SMILES string of the molecule is N#Cc1ccc(-c2ccc(-c3ccc(-n4c5ccccc5c5ccc6sc7ccccc7c6c54)cc3-n3c4ccccc4c4ccccc43)cc2C#N)cc1. The molecule has 0 N–H and O–H groups in total. The van der Waals surface area contributed by atoms with Crippen molar-refractivity contribution in [3.8, 4) is 45.8 Å². The number of para-hydroxylation sites is 3. The van der Waals surface area contributed by atoms with Crippen LogP contribution in [0.1, 0.15) is 11.1 Å². The molecule has 3 heterocycles. The highest BCUT2D eigenvalue weighted by atomic mass is 32.1. The molecule has 0 aliphatic heterocycles. The van der Waals surface area contributed by atoms with Gasteiger partial charge in [0.15, 0.2) is 0 Å². The van der Waals surface area contributed by atoms with Crippen molar-refractivity contribution in [3.63, 3.8) is 0 Å². The molecule has 11 aromatic rings. The molecule has 3 aromatic heterocycles. The lowest BCUT2D eigenvalue weighted by molar-refractivity contribution is 1.14. The molecule has 8 aromatic carbocycles. The molecule has 0 fully saturated rings. The van der Waals surface area contributed by atoms with Crippen molar-refractivity contribution in [2.75, 3.05) is 0 Å². The summed E-state index contributed by atoms with van der Waals surface area (Å²) in [6.45, 7) is 0. The molecule has 55 heavy (non-hydrogen) atoms. The molecule has 0 saturated carbocycles. The van der Waals surface area contributed by atoms with Crippen LogP contribution in [-0.4, -0.2) is 9.13 Å². The summed E-state index contributed by atoms with van der Waals surface area (Å²) in [5, 5.41) is 27.2. The van der Waals surface area contributed by atoms with Gasteiger partial charge in [0.2, 0.25) is 0 Å². The summed E-state index contributed by atoms with van der Waals surface area (Å²) < 4.78 is 7.37. The lowest BCUT2D eigenvalue weighted by Crippen LogP contribution is -2.02. The van der Waals surface area contributed by atoms with Crippen molar-refractivity contribution in [1.29, 1.82) is 10.5 Å². The molecule has 254 valence electrons. The fourth-order valence-electron chi connectivity index (χ4n) is 8.58. The van der Waals surface area contributed by atoms with E-state index in [4.69, 9.17) is 0 Å². The summed E-state index contributed by atoms with van der Waals surface area (Å²) in [5.41, 5.74) is 11.5. The third-order valence-electron chi connectivity index (χ3n) is 11.0. The molecule has 5 heteroatoms. The van der Waals surface area contributed by atoms with Gasteiger partial charge in [-0.2, -0.15) is 10.5 Å². The lowest BCUT2D eigenvalue weighted by atomic mass is 9.94. The molecule has 0 aliphatic carbocycles. The van der Waals surface area contributed by atoms with Gasteiger partial charge in [-0.15, -0.1) is 11.3 Å². The van der Waals surface area contributed by atoms with Crippen LogP contribution >= 0.6 is 11.3 Å². The number of rotatable bonds is 4. The minimum atomic E-state index is 0.577. The Morgan fingerprint density at radius 1 is 0.436 bits per heavy atom. The summed E-state index contributed by atoms with van der Waals surface area (Å²) in [6, 6.07) is 64.2. The molecule has 0 radical (unpaired) electrons. The van der Waals surface area contributed by atoms with Crippen molar-refractivity contribution in [3.05, 3.63) is 181 Å². The molecule has 0 atom stereocenters. The van der Waals surface area contributed by atoms with Crippen molar-refractivity contribution in [2.45, 2.75) is 0 Å². The lowest BCUT2D eigenvalue weighted by Gasteiger charge is -2.18. The molecule has 0 bridgehead atoms. The highest BCUT2D eigenvalue weighted by molar-refractivity contribution is 7.26. The number of benzene rings is 8. The van der Waals surface area contributed by atoms with Crippen LogP contribution in [0.15, 0.2) is 170 Å². The van der Waals surface area contributed by atoms with Gasteiger partial charge >= 0.3 is 0 Å². The van der Waals surface area contributed by atoms with Crippen LogP contribution in [0, 0.1) is 22.7 Å². The first-order chi connectivity index (χ1) is 27.2. The van der Waals surface area contributed by atoms with E-state index >= 15 is 0 Å². The van der Waals surface area contributed by atoms with Crippen LogP contribution < -0.4 is 0 Å². The molecule has 11 rings (SSSR count). The minimum Gasteiger partial charge on any atom is -0.309 e. The zero-order valence-electron chi connectivity index (χ0n) is 29.4. The molecular formula is C50H28N4S. The van der Waals surface area contributed by atoms with Gasteiger partial charge in [-0.1, -0.05) is 109 Å². The standard InChI is InChI=1S/C50H28N4S/c51-29-31-17-19-32(20-18-31)36-23-21-33(27-34(36)30-52)37-24-22-35(28-46(37)54-44-14-6-1-9-38(44)39-10-2-7-15-45(39)54)53-43-13-5-3-11-40(43)41-25-26-48-49(50(41)53)42-12-4-8-16-47(42)55-48/h1-28H. The number of fused-ring (bicyclic) bond motifs is 10. The van der Waals surface area contributed by atoms with E-state index in [2.05, 4.69) is 155 Å². The van der Waals surface area contributed by atoms with Gasteiger partial charge in [0, 0.05) is 53.0 Å². The van der Waals surface area contributed by atoms with Crippen molar-refractivity contribution in [1.82, 2.24) is 9.13 Å². The maximum absolute atomic E-state index is 10.5. The normalized spacial score (nSPS) is 11.6. The van der Waals surface area contributed by atoms with Crippen LogP contribution in [0.25, 0.3) is 97.4 Å². The van der Waals surface area contributed by atoms with E-state index in [0.717, 1.165) is 50.2 Å². The zero-order valence-corrected chi connectivity index (χ0v) is 30.2. The van der Waals surface area contributed by atoms with E-state index in [1.165, 1.54) is 47.2 Å². The van der Waals surface area contributed by atoms with E-state index in [9.17, 15) is 10.5 Å². The Morgan fingerprint density at radius 3 is 1.73 bits per heavy atom. The first-order valence-corrected chi connectivity index (χ1v) is 19.0. The monoisotopic (exact) mass is 716 g/mol. The summed E-state index contributed by atoms with van der Waals surface area (Å²) in [5.74, 6) is 0. The van der Waals surface area contributed by atoms with E-state index in [-0.39, 0.29) is 0 Å². The Balaban J connectivity index is 1.23. The van der Waals surface area contributed by atoms with Crippen molar-refractivity contribution in [2.24, 2.45) is 0 Å². The van der Waals surface area contributed by atoms with E-state index in [1.807, 2.05) is 35.6 Å². The van der Waals surface area contributed by atoms with Gasteiger partial charge in [-0.05, 0) is 77.4 Å². The van der Waals surface area contributed by atoms with Gasteiger partial charge in [0.25, 0.3) is 0 Å². The van der Waals surface area contributed by atoms with Gasteiger partial charge in [-0.25, -0.2) is 0 Å². The Labute approximate surface area is 320 Å². The fourth-order valence-corrected chi connectivity index (χ4v) is 9.69. The van der Waals surface area contributed by atoms with Gasteiger partial charge in [0.1, 0.15) is 0 Å². The van der Waals surface area contributed by atoms with Crippen molar-refractivity contribution < 1.29 is 0 Å². The average Bonchev–Trinajstić information content (AvgIpc) is 3.91. The molecule has 0 saturated heterocycles. The largest absolute Gasteiger partial charge is 0.309 e. The minimum absolute atomic E-state index is 0.577. The quantitative estimate of drug-likeness (QED) is 0.182. The predicted molar refractivity (Wildman–Crippen MR) is 228 cm³/mol. The predicted octanol–water partition coefficient (Wildman–Crippen LogP) is 13.3. The van der Waals surface area contributed by atoms with Gasteiger partial charge in [0.05, 0.1) is 51.0 Å². The third kappa shape index (κ3) is 4.61. The molecule has 0 aliphatic rings. The Morgan fingerprint density at radius 2 is 1.04 bits per heavy atom. The number of thiophene rings is 1. The maximum Gasteiger partial charge on any atom is 0.0998 e. The topological polar surface area (TPSA) is 57.4 Å². The smallest absolute Gasteiger partial charge is 0.0998 e. The number of hydrogen-bond donors (Lipinski definition) is 0. The highest BCUT2D eigenvalue weighted by Crippen LogP contribution is 2.44. The molecule has 0 amide bonds. The number of aromatic nitrogens is 2. The summed E-state index contributed by atoms with van der Waals surface area (Å²) in [6.07, 6.45) is 0. The first-order valence-electron chi connectivity index (χ1n) is 18.2. The Bertz CT molecular complexity index is 3400. The second-order valence-electron chi connectivity index (χ2n) is 13.9. The van der Waals surface area contributed by atoms with Crippen LogP contribution in [0.4, 0.5) is 0 Å². The van der Waals surface area contributed by atoms with Crippen LogP contribution in [0.3, 0.4) is 0 Å². The number of hydrogen-bond acceptors (Lipinski definition) is 3. The van der Waals surface area contributed by atoms with E-state index < -0.39 is 0 Å². The maximum atomic E-state index is 10.5. The summed E-state index contributed by atoms with van der Waals surface area (Å²) in [4.78, 5) is 0. The van der Waals surface area contributed by atoms with Gasteiger partial charge in [-0.3, -0.25) is 0 Å². The summed E-state index contributed by atoms with van der Waals surface area (Å²) in [7, 11) is 0. The zero-order chi connectivity index (χ0) is 36.6. The average molecular weight is 717 g/mol. The van der Waals surface area contributed by atoms with E-state index in [1.54, 1.807) is 12.1 Å². The second kappa shape index (κ2) is 12.0. The Kier molecular flexibility index (Phi) is 6.82. The Hall–Kier alpha value is -7.44. The van der Waals surface area contributed by atoms with Crippen LogP contribution in [-0.2, 0) is 0 Å². The second-order valence-corrected chi connectivity index (χ2v) is 15.0. The summed E-state index contributed by atoms with van der Waals surface area (Å²) >= 11 is 1.84. The molecule has 0 unspecified atom stereocenters. The molecule has 0 spiro atoms. The number of nitriles is 2. The van der Waals surface area contributed by atoms with E-state index in [0.29, 0.717) is 11.1 Å². The highest BCUT2D eigenvalue weighted by Gasteiger charge is 2.21. The van der Waals surface area contributed by atoms with Crippen LogP contribution in [0.2, 0.25) is 0 Å². The van der Waals surface area contributed by atoms with Crippen LogP contribution in [0.5, 0.6) is 0 Å². The third-order valence-corrected chi connectivity index (χ3v) is 12.1. The van der Waals surface area contributed by atoms with Crippen molar-refractivity contribution >= 4 is 75.1 Å². The molecule has 4 nitrogen and oxygen atoms in total. The van der Waals surface area contributed by atoms with Gasteiger partial charge < -0.3 is 9.13 Å². The first kappa shape index (κ1) is 31.1. The number of nitrogens with zero attached hydrogens (tertiary/aromatic N) is 4. The molecular weight excluding hydrogens is 689 g/mol.